The van der Waals surface area contributed by atoms with Crippen molar-refractivity contribution in [1.82, 2.24) is 0 Å². The summed E-state index contributed by atoms with van der Waals surface area (Å²) in [6, 6.07) is 11.0. The van der Waals surface area contributed by atoms with E-state index in [1.165, 1.54) is 11.6 Å². The molecule has 1 aliphatic rings. The number of methoxy groups -OCH3 is 1. The number of halogens is 2. The highest BCUT2D eigenvalue weighted by atomic mass is 79.9. The van der Waals surface area contributed by atoms with Gasteiger partial charge in [-0.2, -0.15) is 0 Å². The Labute approximate surface area is 126 Å². The molecule has 2 nitrogen and oxygen atoms in total. The molecule has 1 unspecified atom stereocenters. The fraction of sp³-hybridized carbons (Fsp3) is 0.250. The van der Waals surface area contributed by atoms with E-state index in [4.69, 9.17) is 4.74 Å². The highest BCUT2D eigenvalue weighted by molar-refractivity contribution is 9.10. The molecule has 0 amide bonds. The highest BCUT2D eigenvalue weighted by Crippen LogP contribution is 2.38. The van der Waals surface area contributed by atoms with E-state index in [0.717, 1.165) is 34.3 Å². The zero-order valence-corrected chi connectivity index (χ0v) is 12.7. The van der Waals surface area contributed by atoms with Gasteiger partial charge in [-0.15, -0.1) is 0 Å². The number of ether oxygens (including phenoxy) is 1. The zero-order valence-electron chi connectivity index (χ0n) is 11.1. The molecule has 3 rings (SSSR count). The molecular weight excluding hydrogens is 321 g/mol. The first-order valence-electron chi connectivity index (χ1n) is 6.56. The lowest BCUT2D eigenvalue weighted by Gasteiger charge is -2.28. The molecule has 4 heteroatoms. The normalized spacial score (nSPS) is 17.2. The molecule has 1 aliphatic heterocycles. The van der Waals surface area contributed by atoms with Crippen molar-refractivity contribution in [3.05, 3.63) is 57.8 Å². The first kappa shape index (κ1) is 13.4. The summed E-state index contributed by atoms with van der Waals surface area (Å²) in [6.45, 7) is 0. The minimum absolute atomic E-state index is 0.00887. The lowest BCUT2D eigenvalue weighted by atomic mass is 9.93. The van der Waals surface area contributed by atoms with Crippen molar-refractivity contribution in [3.8, 4) is 5.75 Å². The molecule has 2 aromatic rings. The summed E-state index contributed by atoms with van der Waals surface area (Å²) < 4.78 is 20.2. The van der Waals surface area contributed by atoms with Crippen LogP contribution < -0.4 is 10.1 Å². The van der Waals surface area contributed by atoms with Crippen LogP contribution >= 0.6 is 15.9 Å². The van der Waals surface area contributed by atoms with Crippen LogP contribution in [-0.4, -0.2) is 7.11 Å². The first-order valence-corrected chi connectivity index (χ1v) is 7.35. The Hall–Kier alpha value is -1.55. The maximum Gasteiger partial charge on any atom is 0.135 e. The van der Waals surface area contributed by atoms with Crippen molar-refractivity contribution >= 4 is 21.6 Å². The predicted octanol–water partition coefficient (Wildman–Crippen LogP) is 4.70. The average Bonchev–Trinajstić information content (AvgIpc) is 2.46. The molecule has 0 fully saturated rings. The number of hydrogen-bond donors (Lipinski definition) is 1. The number of hydrogen-bond acceptors (Lipinski definition) is 2. The minimum Gasteiger partial charge on any atom is -0.495 e. The molecule has 0 radical (unpaired) electrons. The van der Waals surface area contributed by atoms with Crippen molar-refractivity contribution in [2.75, 3.05) is 12.4 Å². The van der Waals surface area contributed by atoms with Crippen LogP contribution in [0.1, 0.15) is 23.6 Å². The van der Waals surface area contributed by atoms with Crippen molar-refractivity contribution in [3.63, 3.8) is 0 Å². The fourth-order valence-corrected chi connectivity index (χ4v) is 3.20. The summed E-state index contributed by atoms with van der Waals surface area (Å²) in [4.78, 5) is 0. The summed E-state index contributed by atoms with van der Waals surface area (Å²) in [6.07, 6.45) is 1.80. The number of rotatable bonds is 2. The van der Waals surface area contributed by atoms with Gasteiger partial charge in [-0.25, -0.2) is 4.39 Å². The predicted molar refractivity (Wildman–Crippen MR) is 81.8 cm³/mol. The second kappa shape index (κ2) is 5.44. The van der Waals surface area contributed by atoms with Gasteiger partial charge in [0, 0.05) is 17.3 Å². The van der Waals surface area contributed by atoms with Crippen LogP contribution in [0.5, 0.6) is 5.75 Å². The van der Waals surface area contributed by atoms with E-state index in [1.807, 2.05) is 18.2 Å². The van der Waals surface area contributed by atoms with Gasteiger partial charge in [0.2, 0.25) is 0 Å². The van der Waals surface area contributed by atoms with Gasteiger partial charge in [-0.1, -0.05) is 18.2 Å². The van der Waals surface area contributed by atoms with Gasteiger partial charge in [-0.05, 0) is 46.5 Å². The molecule has 0 saturated carbocycles. The second-order valence-corrected chi connectivity index (χ2v) is 5.76. The molecule has 20 heavy (non-hydrogen) atoms. The second-order valence-electron chi connectivity index (χ2n) is 4.90. The van der Waals surface area contributed by atoms with Gasteiger partial charge >= 0.3 is 0 Å². The van der Waals surface area contributed by atoms with E-state index in [-0.39, 0.29) is 11.9 Å². The Balaban J connectivity index is 1.94. The number of fused-ring (bicyclic) bond motifs is 1. The molecule has 0 saturated heterocycles. The highest BCUT2D eigenvalue weighted by Gasteiger charge is 2.22. The summed E-state index contributed by atoms with van der Waals surface area (Å²) in [5.41, 5.74) is 2.97. The summed E-state index contributed by atoms with van der Waals surface area (Å²) in [5.74, 6) is 0.628. The molecule has 0 aromatic heterocycles. The monoisotopic (exact) mass is 335 g/mol. The smallest absolute Gasteiger partial charge is 0.135 e. The van der Waals surface area contributed by atoms with E-state index in [1.54, 1.807) is 13.2 Å². The Morgan fingerprint density at radius 1 is 1.30 bits per heavy atom. The lowest BCUT2D eigenvalue weighted by molar-refractivity contribution is 0.412. The molecule has 1 heterocycles. The third kappa shape index (κ3) is 2.40. The fourth-order valence-electron chi connectivity index (χ4n) is 2.64. The van der Waals surface area contributed by atoms with Crippen molar-refractivity contribution < 1.29 is 9.13 Å². The largest absolute Gasteiger partial charge is 0.495 e. The van der Waals surface area contributed by atoms with Crippen LogP contribution in [0.3, 0.4) is 0 Å². The van der Waals surface area contributed by atoms with Crippen LogP contribution in [0.25, 0.3) is 0 Å². The molecule has 104 valence electrons. The van der Waals surface area contributed by atoms with E-state index in [2.05, 4.69) is 27.3 Å². The van der Waals surface area contributed by atoms with E-state index in [0.29, 0.717) is 0 Å². The summed E-state index contributed by atoms with van der Waals surface area (Å²) >= 11 is 3.49. The molecule has 0 aliphatic carbocycles. The summed E-state index contributed by atoms with van der Waals surface area (Å²) in [7, 11) is 1.64. The number of benzene rings is 2. The van der Waals surface area contributed by atoms with Crippen LogP contribution in [0.15, 0.2) is 40.9 Å². The zero-order chi connectivity index (χ0) is 14.1. The van der Waals surface area contributed by atoms with E-state index in [9.17, 15) is 4.39 Å². The number of nitrogens with one attached hydrogen (secondary N) is 1. The Morgan fingerprint density at radius 3 is 2.85 bits per heavy atom. The Bertz CT molecular complexity index is 644. The average molecular weight is 336 g/mol. The molecule has 1 N–H and O–H groups in total. The lowest BCUT2D eigenvalue weighted by Crippen LogP contribution is -2.19. The van der Waals surface area contributed by atoms with Crippen LogP contribution in [0.4, 0.5) is 10.1 Å². The van der Waals surface area contributed by atoms with Crippen molar-refractivity contribution in [2.24, 2.45) is 0 Å². The molecule has 0 spiro atoms. The van der Waals surface area contributed by atoms with Crippen molar-refractivity contribution in [1.29, 1.82) is 0 Å². The third-order valence-electron chi connectivity index (χ3n) is 3.69. The third-order valence-corrected chi connectivity index (χ3v) is 4.31. The Kier molecular flexibility index (Phi) is 3.66. The van der Waals surface area contributed by atoms with Gasteiger partial charge in [0.05, 0.1) is 17.6 Å². The van der Waals surface area contributed by atoms with Crippen LogP contribution in [-0.2, 0) is 6.42 Å². The summed E-state index contributed by atoms with van der Waals surface area (Å²) in [5, 5.41) is 3.42. The first-order chi connectivity index (χ1) is 9.69. The SMILES string of the molecule is COc1cc2c(cc1Br)CCC(c1ccccc1F)N2. The molecule has 2 aromatic carbocycles. The number of aryl methyl sites for hydroxylation is 1. The molecule has 0 bridgehead atoms. The van der Waals surface area contributed by atoms with Crippen LogP contribution in [0, 0.1) is 5.82 Å². The number of anilines is 1. The van der Waals surface area contributed by atoms with Gasteiger partial charge in [0.15, 0.2) is 0 Å². The maximum atomic E-state index is 13.9. The van der Waals surface area contributed by atoms with Crippen LogP contribution in [0.2, 0.25) is 0 Å². The topological polar surface area (TPSA) is 21.3 Å². The quantitative estimate of drug-likeness (QED) is 0.859. The molecular formula is C16H15BrFNO. The van der Waals surface area contributed by atoms with Crippen molar-refractivity contribution in [2.45, 2.75) is 18.9 Å². The maximum absolute atomic E-state index is 13.9. The van der Waals surface area contributed by atoms with Gasteiger partial charge in [-0.3, -0.25) is 0 Å². The van der Waals surface area contributed by atoms with E-state index < -0.39 is 0 Å². The van der Waals surface area contributed by atoms with Gasteiger partial charge < -0.3 is 10.1 Å². The van der Waals surface area contributed by atoms with Gasteiger partial charge in [0.1, 0.15) is 11.6 Å². The van der Waals surface area contributed by atoms with Gasteiger partial charge in [0.25, 0.3) is 0 Å². The standard InChI is InChI=1S/C16H15BrFNO/c1-20-16-9-15-10(8-12(16)17)6-7-14(19-15)11-4-2-3-5-13(11)18/h2-5,8-9,14,19H,6-7H2,1H3. The van der Waals surface area contributed by atoms with E-state index >= 15 is 0 Å². The minimum atomic E-state index is -0.155. The molecule has 1 atom stereocenters. The Morgan fingerprint density at radius 2 is 2.10 bits per heavy atom.